The molecule has 0 aromatic heterocycles. The van der Waals surface area contributed by atoms with E-state index >= 15 is 0 Å². The van der Waals surface area contributed by atoms with E-state index in [0.29, 0.717) is 0 Å². The fourth-order valence-electron chi connectivity index (χ4n) is 3.85. The van der Waals surface area contributed by atoms with E-state index in [1.54, 1.807) is 0 Å². The molecule has 2 fully saturated rings. The number of piperidine rings is 1. The maximum Gasteiger partial charge on any atom is 0.0224 e. The molecule has 3 atom stereocenters. The van der Waals surface area contributed by atoms with E-state index in [2.05, 4.69) is 35.9 Å². The van der Waals surface area contributed by atoms with Crippen molar-refractivity contribution >= 4 is 0 Å². The summed E-state index contributed by atoms with van der Waals surface area (Å²) in [6.45, 7) is 13.3. The minimum absolute atomic E-state index is 0.739. The summed E-state index contributed by atoms with van der Waals surface area (Å²) >= 11 is 0. The summed E-state index contributed by atoms with van der Waals surface area (Å²) in [6.07, 6.45) is 6.93. The Morgan fingerprint density at radius 3 is 2.89 bits per heavy atom. The van der Waals surface area contributed by atoms with Gasteiger partial charge in [0.25, 0.3) is 0 Å². The van der Waals surface area contributed by atoms with Gasteiger partial charge in [-0.15, -0.1) is 0 Å². The molecule has 3 unspecified atom stereocenters. The zero-order valence-corrected chi connectivity index (χ0v) is 13.2. The summed E-state index contributed by atoms with van der Waals surface area (Å²) in [5.74, 6) is 0. The molecule has 3 heteroatoms. The molecule has 19 heavy (non-hydrogen) atoms. The SMILES string of the molecule is CCNCCCC(C)N1CC2CCCCN2CC1C. The molecular weight excluding hydrogens is 234 g/mol. The molecule has 0 spiro atoms. The fourth-order valence-corrected chi connectivity index (χ4v) is 3.85. The highest BCUT2D eigenvalue weighted by molar-refractivity contribution is 4.90. The van der Waals surface area contributed by atoms with Crippen molar-refractivity contribution in [3.63, 3.8) is 0 Å². The van der Waals surface area contributed by atoms with E-state index in [9.17, 15) is 0 Å². The molecule has 0 aromatic carbocycles. The molecule has 2 saturated heterocycles. The van der Waals surface area contributed by atoms with Crippen molar-refractivity contribution in [1.82, 2.24) is 15.1 Å². The highest BCUT2D eigenvalue weighted by Gasteiger charge is 2.34. The van der Waals surface area contributed by atoms with E-state index in [0.717, 1.165) is 24.7 Å². The predicted molar refractivity (Wildman–Crippen MR) is 82.6 cm³/mol. The molecule has 0 bridgehead atoms. The van der Waals surface area contributed by atoms with Gasteiger partial charge in [0, 0.05) is 31.2 Å². The van der Waals surface area contributed by atoms with Crippen LogP contribution in [0.1, 0.15) is 52.9 Å². The Balaban J connectivity index is 1.78. The quantitative estimate of drug-likeness (QED) is 0.745. The summed E-state index contributed by atoms with van der Waals surface area (Å²) in [7, 11) is 0. The first-order valence-corrected chi connectivity index (χ1v) is 8.43. The Bertz CT molecular complexity index is 256. The second kappa shape index (κ2) is 7.61. The van der Waals surface area contributed by atoms with Crippen LogP contribution in [-0.2, 0) is 0 Å². The Morgan fingerprint density at radius 2 is 2.11 bits per heavy atom. The minimum Gasteiger partial charge on any atom is -0.317 e. The Labute approximate surface area is 119 Å². The monoisotopic (exact) mass is 267 g/mol. The maximum atomic E-state index is 3.44. The van der Waals surface area contributed by atoms with E-state index in [4.69, 9.17) is 0 Å². The molecular formula is C16H33N3. The number of piperazine rings is 1. The standard InChI is InChI=1S/C16H33N3/c1-4-17-10-7-8-14(2)19-13-16-9-5-6-11-18(16)12-15(19)3/h14-17H,4-13H2,1-3H3. The zero-order chi connectivity index (χ0) is 13.7. The third-order valence-corrected chi connectivity index (χ3v) is 5.03. The van der Waals surface area contributed by atoms with Crippen LogP contribution in [0.25, 0.3) is 0 Å². The molecule has 1 N–H and O–H groups in total. The van der Waals surface area contributed by atoms with Crippen molar-refractivity contribution in [2.45, 2.75) is 71.0 Å². The molecule has 2 aliphatic heterocycles. The Hall–Kier alpha value is -0.120. The van der Waals surface area contributed by atoms with Crippen LogP contribution in [0.15, 0.2) is 0 Å². The molecule has 112 valence electrons. The van der Waals surface area contributed by atoms with Crippen LogP contribution in [0, 0.1) is 0 Å². The second-order valence-electron chi connectivity index (χ2n) is 6.54. The average Bonchev–Trinajstić information content (AvgIpc) is 2.42. The smallest absolute Gasteiger partial charge is 0.0224 e. The second-order valence-corrected chi connectivity index (χ2v) is 6.54. The predicted octanol–water partition coefficient (Wildman–Crippen LogP) is 2.32. The van der Waals surface area contributed by atoms with Crippen molar-refractivity contribution < 1.29 is 0 Å². The van der Waals surface area contributed by atoms with Crippen LogP contribution < -0.4 is 5.32 Å². The van der Waals surface area contributed by atoms with E-state index in [-0.39, 0.29) is 0 Å². The van der Waals surface area contributed by atoms with Crippen LogP contribution in [0.5, 0.6) is 0 Å². The van der Waals surface area contributed by atoms with E-state index < -0.39 is 0 Å². The van der Waals surface area contributed by atoms with E-state index in [1.165, 1.54) is 58.3 Å². The molecule has 2 aliphatic rings. The van der Waals surface area contributed by atoms with Gasteiger partial charge in [0.2, 0.25) is 0 Å². The third-order valence-electron chi connectivity index (χ3n) is 5.03. The summed E-state index contributed by atoms with van der Waals surface area (Å²) in [6, 6.07) is 2.34. The average molecular weight is 267 g/mol. The lowest BCUT2D eigenvalue weighted by Gasteiger charge is -2.49. The van der Waals surface area contributed by atoms with Gasteiger partial charge < -0.3 is 5.32 Å². The molecule has 0 saturated carbocycles. The summed E-state index contributed by atoms with van der Waals surface area (Å²) in [5.41, 5.74) is 0. The molecule has 0 amide bonds. The molecule has 3 nitrogen and oxygen atoms in total. The van der Waals surface area contributed by atoms with Crippen LogP contribution in [0.2, 0.25) is 0 Å². The zero-order valence-electron chi connectivity index (χ0n) is 13.2. The highest BCUT2D eigenvalue weighted by atomic mass is 15.3. The number of rotatable bonds is 6. The number of nitrogens with zero attached hydrogens (tertiary/aromatic N) is 2. The Morgan fingerprint density at radius 1 is 1.26 bits per heavy atom. The fraction of sp³-hybridized carbons (Fsp3) is 1.00. The summed E-state index contributed by atoms with van der Waals surface area (Å²) in [4.78, 5) is 5.52. The molecule has 2 heterocycles. The van der Waals surface area contributed by atoms with Gasteiger partial charge in [-0.05, 0) is 59.2 Å². The number of hydrogen-bond acceptors (Lipinski definition) is 3. The Kier molecular flexibility index (Phi) is 6.11. The molecule has 0 radical (unpaired) electrons. The van der Waals surface area contributed by atoms with Gasteiger partial charge in [0.15, 0.2) is 0 Å². The van der Waals surface area contributed by atoms with Crippen LogP contribution in [0.3, 0.4) is 0 Å². The first kappa shape index (κ1) is 15.3. The van der Waals surface area contributed by atoms with Crippen molar-refractivity contribution in [1.29, 1.82) is 0 Å². The lowest BCUT2D eigenvalue weighted by molar-refractivity contribution is -0.00594. The van der Waals surface area contributed by atoms with Crippen LogP contribution in [0.4, 0.5) is 0 Å². The molecule has 0 aliphatic carbocycles. The van der Waals surface area contributed by atoms with Crippen molar-refractivity contribution in [2.75, 3.05) is 32.7 Å². The van der Waals surface area contributed by atoms with Gasteiger partial charge in [-0.3, -0.25) is 9.80 Å². The maximum absolute atomic E-state index is 3.44. The lowest BCUT2D eigenvalue weighted by atomic mass is 9.95. The van der Waals surface area contributed by atoms with Crippen molar-refractivity contribution in [2.24, 2.45) is 0 Å². The van der Waals surface area contributed by atoms with Crippen molar-refractivity contribution in [3.8, 4) is 0 Å². The largest absolute Gasteiger partial charge is 0.317 e. The number of hydrogen-bond donors (Lipinski definition) is 1. The minimum atomic E-state index is 0.739. The van der Waals surface area contributed by atoms with Gasteiger partial charge in [-0.1, -0.05) is 13.3 Å². The van der Waals surface area contributed by atoms with Gasteiger partial charge in [-0.2, -0.15) is 0 Å². The van der Waals surface area contributed by atoms with Crippen LogP contribution in [-0.4, -0.2) is 60.6 Å². The summed E-state index contributed by atoms with van der Waals surface area (Å²) < 4.78 is 0. The van der Waals surface area contributed by atoms with Crippen molar-refractivity contribution in [3.05, 3.63) is 0 Å². The lowest BCUT2D eigenvalue weighted by Crippen LogP contribution is -2.60. The first-order chi connectivity index (χ1) is 9.22. The molecule has 0 aromatic rings. The summed E-state index contributed by atoms with van der Waals surface area (Å²) in [5, 5.41) is 3.44. The topological polar surface area (TPSA) is 18.5 Å². The normalized spacial score (nSPS) is 31.1. The van der Waals surface area contributed by atoms with Crippen LogP contribution >= 0.6 is 0 Å². The van der Waals surface area contributed by atoms with E-state index in [1.807, 2.05) is 0 Å². The number of nitrogens with one attached hydrogen (secondary N) is 1. The van der Waals surface area contributed by atoms with Gasteiger partial charge in [0.1, 0.15) is 0 Å². The van der Waals surface area contributed by atoms with Gasteiger partial charge in [-0.25, -0.2) is 0 Å². The first-order valence-electron chi connectivity index (χ1n) is 8.43. The molecule has 2 rings (SSSR count). The van der Waals surface area contributed by atoms with Gasteiger partial charge in [0.05, 0.1) is 0 Å². The van der Waals surface area contributed by atoms with Gasteiger partial charge >= 0.3 is 0 Å². The number of fused-ring (bicyclic) bond motifs is 1. The third kappa shape index (κ3) is 4.17. The highest BCUT2D eigenvalue weighted by Crippen LogP contribution is 2.26.